The van der Waals surface area contributed by atoms with E-state index in [1.54, 1.807) is 20.1 Å². The van der Waals surface area contributed by atoms with Crippen LogP contribution in [-0.4, -0.2) is 12.2 Å². The zero-order valence-corrected chi connectivity index (χ0v) is 11.7. The Morgan fingerprint density at radius 3 is 2.40 bits per heavy atom. The third-order valence-corrected chi connectivity index (χ3v) is 2.96. The molecular formula is C16H17FO3. The molecule has 0 radical (unpaired) electrons. The molecule has 1 atom stereocenters. The molecule has 0 aliphatic heterocycles. The van der Waals surface area contributed by atoms with Crippen LogP contribution in [0.1, 0.15) is 24.2 Å². The molecule has 0 unspecified atom stereocenters. The quantitative estimate of drug-likeness (QED) is 0.917. The van der Waals surface area contributed by atoms with Crippen LogP contribution in [0.3, 0.4) is 0 Å². The van der Waals surface area contributed by atoms with Crippen molar-refractivity contribution >= 4 is 0 Å². The van der Waals surface area contributed by atoms with Gasteiger partial charge in [0.15, 0.2) is 11.5 Å². The Kier molecular flexibility index (Phi) is 4.25. The van der Waals surface area contributed by atoms with E-state index in [0.717, 1.165) is 5.56 Å². The molecule has 0 fully saturated rings. The second-order valence-corrected chi connectivity index (χ2v) is 4.61. The van der Waals surface area contributed by atoms with Crippen molar-refractivity contribution in [3.05, 3.63) is 53.3 Å². The highest BCUT2D eigenvalue weighted by atomic mass is 19.1. The molecule has 0 saturated carbocycles. The van der Waals surface area contributed by atoms with E-state index in [4.69, 9.17) is 9.47 Å². The minimum atomic E-state index is -0.822. The number of benzene rings is 2. The van der Waals surface area contributed by atoms with Crippen LogP contribution in [0.2, 0.25) is 0 Å². The van der Waals surface area contributed by atoms with Crippen LogP contribution in [0.15, 0.2) is 36.4 Å². The fourth-order valence-electron chi connectivity index (χ4n) is 1.92. The van der Waals surface area contributed by atoms with Crippen LogP contribution in [0.5, 0.6) is 17.2 Å². The van der Waals surface area contributed by atoms with Gasteiger partial charge in [0.1, 0.15) is 11.6 Å². The second-order valence-electron chi connectivity index (χ2n) is 4.61. The van der Waals surface area contributed by atoms with E-state index in [1.165, 1.54) is 18.2 Å². The van der Waals surface area contributed by atoms with E-state index in [0.29, 0.717) is 22.8 Å². The van der Waals surface area contributed by atoms with Crippen molar-refractivity contribution in [3.8, 4) is 17.2 Å². The average Bonchev–Trinajstić information content (AvgIpc) is 2.42. The number of aliphatic hydroxyl groups is 1. The van der Waals surface area contributed by atoms with Crippen LogP contribution < -0.4 is 9.47 Å². The first-order valence-electron chi connectivity index (χ1n) is 6.31. The largest absolute Gasteiger partial charge is 0.493 e. The summed E-state index contributed by atoms with van der Waals surface area (Å²) in [5, 5.41) is 9.70. The Morgan fingerprint density at radius 2 is 1.75 bits per heavy atom. The first kappa shape index (κ1) is 14.3. The SMILES string of the molecule is COc1cc(C)ccc1Oc1ccc(F)cc1[C@H](C)O. The minimum absolute atomic E-state index is 0.396. The van der Waals surface area contributed by atoms with Gasteiger partial charge in [0, 0.05) is 5.56 Å². The van der Waals surface area contributed by atoms with Gasteiger partial charge in [-0.3, -0.25) is 0 Å². The maximum Gasteiger partial charge on any atom is 0.169 e. The summed E-state index contributed by atoms with van der Waals surface area (Å²) in [6, 6.07) is 9.58. The van der Waals surface area contributed by atoms with Crippen molar-refractivity contribution in [1.29, 1.82) is 0 Å². The predicted octanol–water partition coefficient (Wildman–Crippen LogP) is 3.99. The van der Waals surface area contributed by atoms with Crippen molar-refractivity contribution in [2.24, 2.45) is 0 Å². The average molecular weight is 276 g/mol. The van der Waals surface area contributed by atoms with E-state index >= 15 is 0 Å². The fourth-order valence-corrected chi connectivity index (χ4v) is 1.92. The summed E-state index contributed by atoms with van der Waals surface area (Å²) in [4.78, 5) is 0. The number of hydrogen-bond acceptors (Lipinski definition) is 3. The normalized spacial score (nSPS) is 12.1. The molecule has 2 rings (SSSR count). The van der Waals surface area contributed by atoms with Crippen molar-refractivity contribution in [3.63, 3.8) is 0 Å². The number of aryl methyl sites for hydroxylation is 1. The van der Waals surface area contributed by atoms with Crippen molar-refractivity contribution in [1.82, 2.24) is 0 Å². The standard InChI is InChI=1S/C16H17FO3/c1-10-4-6-15(16(8-10)19-3)20-14-7-5-12(17)9-13(14)11(2)18/h4-9,11,18H,1-3H3/t11-/m0/s1. The van der Waals surface area contributed by atoms with Gasteiger partial charge in [-0.25, -0.2) is 4.39 Å². The number of methoxy groups -OCH3 is 1. The Hall–Kier alpha value is -2.07. The molecule has 0 aliphatic carbocycles. The summed E-state index contributed by atoms with van der Waals surface area (Å²) < 4.78 is 24.3. The van der Waals surface area contributed by atoms with Gasteiger partial charge in [-0.2, -0.15) is 0 Å². The highest BCUT2D eigenvalue weighted by molar-refractivity contribution is 5.47. The van der Waals surface area contributed by atoms with Gasteiger partial charge in [0.25, 0.3) is 0 Å². The maximum absolute atomic E-state index is 13.3. The molecular weight excluding hydrogens is 259 g/mol. The van der Waals surface area contributed by atoms with Crippen LogP contribution in [0.25, 0.3) is 0 Å². The first-order chi connectivity index (χ1) is 9.51. The molecule has 0 aliphatic rings. The lowest BCUT2D eigenvalue weighted by atomic mass is 10.1. The Morgan fingerprint density at radius 1 is 1.05 bits per heavy atom. The third-order valence-electron chi connectivity index (χ3n) is 2.96. The molecule has 2 aromatic rings. The predicted molar refractivity (Wildman–Crippen MR) is 74.8 cm³/mol. The lowest BCUT2D eigenvalue weighted by Gasteiger charge is -2.15. The summed E-state index contributed by atoms with van der Waals surface area (Å²) in [6.45, 7) is 3.51. The van der Waals surface area contributed by atoms with Gasteiger partial charge in [0.05, 0.1) is 13.2 Å². The lowest BCUT2D eigenvalue weighted by Crippen LogP contribution is -1.98. The van der Waals surface area contributed by atoms with Gasteiger partial charge in [-0.05, 0) is 49.7 Å². The molecule has 0 spiro atoms. The molecule has 0 aromatic heterocycles. The number of ether oxygens (including phenoxy) is 2. The van der Waals surface area contributed by atoms with Crippen LogP contribution in [0, 0.1) is 12.7 Å². The second kappa shape index (κ2) is 5.92. The highest BCUT2D eigenvalue weighted by Crippen LogP contribution is 2.35. The summed E-state index contributed by atoms with van der Waals surface area (Å²) >= 11 is 0. The Balaban J connectivity index is 2.39. The molecule has 20 heavy (non-hydrogen) atoms. The van der Waals surface area contributed by atoms with Crippen molar-refractivity contribution in [2.45, 2.75) is 20.0 Å². The van der Waals surface area contributed by atoms with Crippen LogP contribution >= 0.6 is 0 Å². The molecule has 0 amide bonds. The summed E-state index contributed by atoms with van der Waals surface area (Å²) in [7, 11) is 1.56. The van der Waals surface area contributed by atoms with Gasteiger partial charge in [-0.1, -0.05) is 6.07 Å². The highest BCUT2D eigenvalue weighted by Gasteiger charge is 2.13. The zero-order chi connectivity index (χ0) is 14.7. The minimum Gasteiger partial charge on any atom is -0.493 e. The lowest BCUT2D eigenvalue weighted by molar-refractivity contribution is 0.195. The third kappa shape index (κ3) is 3.08. The summed E-state index contributed by atoms with van der Waals surface area (Å²) in [6.07, 6.45) is -0.822. The number of aliphatic hydroxyl groups excluding tert-OH is 1. The molecule has 3 nitrogen and oxygen atoms in total. The Labute approximate surface area is 117 Å². The van der Waals surface area contributed by atoms with E-state index in [9.17, 15) is 9.50 Å². The topological polar surface area (TPSA) is 38.7 Å². The van der Waals surface area contributed by atoms with E-state index in [-0.39, 0.29) is 0 Å². The van der Waals surface area contributed by atoms with E-state index in [2.05, 4.69) is 0 Å². The molecule has 4 heteroatoms. The monoisotopic (exact) mass is 276 g/mol. The van der Waals surface area contributed by atoms with E-state index in [1.807, 2.05) is 19.1 Å². The van der Waals surface area contributed by atoms with Gasteiger partial charge >= 0.3 is 0 Å². The van der Waals surface area contributed by atoms with Crippen LogP contribution in [-0.2, 0) is 0 Å². The van der Waals surface area contributed by atoms with Crippen molar-refractivity contribution in [2.75, 3.05) is 7.11 Å². The summed E-state index contributed by atoms with van der Waals surface area (Å²) in [5.41, 5.74) is 1.44. The van der Waals surface area contributed by atoms with Gasteiger partial charge in [0.2, 0.25) is 0 Å². The maximum atomic E-state index is 13.3. The molecule has 2 aromatic carbocycles. The molecule has 0 bridgehead atoms. The van der Waals surface area contributed by atoms with Gasteiger partial charge in [-0.15, -0.1) is 0 Å². The van der Waals surface area contributed by atoms with E-state index < -0.39 is 11.9 Å². The number of hydrogen-bond donors (Lipinski definition) is 1. The van der Waals surface area contributed by atoms with Crippen LogP contribution in [0.4, 0.5) is 4.39 Å². The van der Waals surface area contributed by atoms with Crippen molar-refractivity contribution < 1.29 is 19.0 Å². The smallest absolute Gasteiger partial charge is 0.169 e. The first-order valence-corrected chi connectivity index (χ1v) is 6.31. The summed E-state index contributed by atoms with van der Waals surface area (Å²) in [5.74, 6) is 1.10. The molecule has 0 heterocycles. The number of halogens is 1. The zero-order valence-electron chi connectivity index (χ0n) is 11.7. The molecule has 106 valence electrons. The Bertz CT molecular complexity index is 609. The fraction of sp³-hybridized carbons (Fsp3) is 0.250. The number of rotatable bonds is 4. The molecule has 0 saturated heterocycles. The molecule has 1 N–H and O–H groups in total. The van der Waals surface area contributed by atoms with Gasteiger partial charge < -0.3 is 14.6 Å².